The molecule has 0 aliphatic heterocycles. The third-order valence-corrected chi connectivity index (χ3v) is 3.06. The molecule has 2 aromatic heterocycles. The van der Waals surface area contributed by atoms with Crippen molar-refractivity contribution in [2.45, 2.75) is 20.4 Å². The summed E-state index contributed by atoms with van der Waals surface area (Å²) >= 11 is 0. The van der Waals surface area contributed by atoms with Gasteiger partial charge in [0.2, 0.25) is 0 Å². The Bertz CT molecular complexity index is 724. The molecule has 2 rings (SSSR count). The number of rotatable bonds is 6. The number of ether oxygens (including phenoxy) is 1. The summed E-state index contributed by atoms with van der Waals surface area (Å²) in [5, 5.41) is 2.63. The van der Waals surface area contributed by atoms with Crippen LogP contribution in [0.4, 0.5) is 0 Å². The third kappa shape index (κ3) is 3.48. The molecule has 22 heavy (non-hydrogen) atoms. The second kappa shape index (κ2) is 7.13. The standard InChI is InChI=1S/C15H20N4O3/c1-10(2)9-19-13-11(5-4-6-16-13)18-12(15(19)21)14(20)17-7-8-22-3/h4-6,10H,7-9H2,1-3H3,(H,17,20). The van der Waals surface area contributed by atoms with Gasteiger partial charge in [0.1, 0.15) is 5.52 Å². The predicted octanol–water partition coefficient (Wildman–Crippen LogP) is 0.824. The van der Waals surface area contributed by atoms with E-state index in [9.17, 15) is 9.59 Å². The van der Waals surface area contributed by atoms with Crippen molar-refractivity contribution >= 4 is 17.1 Å². The summed E-state index contributed by atoms with van der Waals surface area (Å²) < 4.78 is 6.39. The first kappa shape index (κ1) is 16.1. The average molecular weight is 304 g/mol. The Hall–Kier alpha value is -2.28. The summed E-state index contributed by atoms with van der Waals surface area (Å²) in [5.74, 6) is -0.250. The van der Waals surface area contributed by atoms with Crippen molar-refractivity contribution in [3.8, 4) is 0 Å². The van der Waals surface area contributed by atoms with Crippen molar-refractivity contribution in [2.75, 3.05) is 20.3 Å². The van der Waals surface area contributed by atoms with Crippen molar-refractivity contribution in [3.05, 3.63) is 34.4 Å². The number of hydrogen-bond donors (Lipinski definition) is 1. The normalized spacial score (nSPS) is 11.1. The molecule has 0 fully saturated rings. The smallest absolute Gasteiger partial charge is 0.283 e. The van der Waals surface area contributed by atoms with Crippen molar-refractivity contribution < 1.29 is 9.53 Å². The van der Waals surface area contributed by atoms with Crippen LogP contribution in [0.25, 0.3) is 11.2 Å². The molecule has 1 N–H and O–H groups in total. The molecule has 7 heteroatoms. The van der Waals surface area contributed by atoms with Gasteiger partial charge in [-0.1, -0.05) is 13.8 Å². The molecule has 7 nitrogen and oxygen atoms in total. The Kier molecular flexibility index (Phi) is 5.21. The number of hydrogen-bond acceptors (Lipinski definition) is 5. The molecule has 0 radical (unpaired) electrons. The summed E-state index contributed by atoms with van der Waals surface area (Å²) in [4.78, 5) is 33.1. The number of fused-ring (bicyclic) bond motifs is 1. The molecule has 2 heterocycles. The van der Waals surface area contributed by atoms with Gasteiger partial charge in [0, 0.05) is 26.4 Å². The van der Waals surface area contributed by atoms with Crippen molar-refractivity contribution in [1.29, 1.82) is 0 Å². The Labute approximate surface area is 128 Å². The van der Waals surface area contributed by atoms with Crippen LogP contribution < -0.4 is 10.9 Å². The zero-order valence-electron chi connectivity index (χ0n) is 13.0. The lowest BCUT2D eigenvalue weighted by Gasteiger charge is -2.13. The molecule has 0 bridgehead atoms. The lowest BCUT2D eigenvalue weighted by atomic mass is 10.2. The van der Waals surface area contributed by atoms with Gasteiger partial charge in [-0.3, -0.25) is 14.2 Å². The van der Waals surface area contributed by atoms with Gasteiger partial charge in [-0.2, -0.15) is 0 Å². The van der Waals surface area contributed by atoms with Gasteiger partial charge in [-0.05, 0) is 18.1 Å². The van der Waals surface area contributed by atoms with Gasteiger partial charge < -0.3 is 10.1 Å². The molecule has 0 saturated heterocycles. The van der Waals surface area contributed by atoms with E-state index in [1.165, 1.54) is 4.57 Å². The molecule has 0 atom stereocenters. The molecule has 0 spiro atoms. The molecular weight excluding hydrogens is 284 g/mol. The quantitative estimate of drug-likeness (QED) is 0.799. The van der Waals surface area contributed by atoms with Crippen LogP contribution in [0.5, 0.6) is 0 Å². The van der Waals surface area contributed by atoms with Crippen LogP contribution in [0.1, 0.15) is 24.3 Å². The number of carbonyl (C=O) groups excluding carboxylic acids is 1. The molecule has 0 aliphatic rings. The van der Waals surface area contributed by atoms with Gasteiger partial charge in [-0.25, -0.2) is 9.97 Å². The number of amides is 1. The molecule has 0 saturated carbocycles. The highest BCUT2D eigenvalue weighted by Gasteiger charge is 2.18. The predicted molar refractivity (Wildman–Crippen MR) is 82.8 cm³/mol. The van der Waals surface area contributed by atoms with E-state index in [2.05, 4.69) is 15.3 Å². The van der Waals surface area contributed by atoms with Gasteiger partial charge in [0.15, 0.2) is 11.3 Å². The van der Waals surface area contributed by atoms with Crippen molar-refractivity contribution in [1.82, 2.24) is 19.9 Å². The first-order valence-corrected chi connectivity index (χ1v) is 7.17. The van der Waals surface area contributed by atoms with E-state index in [1.54, 1.807) is 25.4 Å². The number of carbonyl (C=O) groups is 1. The van der Waals surface area contributed by atoms with Crippen LogP contribution in [0, 0.1) is 5.92 Å². The summed E-state index contributed by atoms with van der Waals surface area (Å²) in [6.07, 6.45) is 1.61. The summed E-state index contributed by atoms with van der Waals surface area (Å²) in [5.41, 5.74) is 0.487. The van der Waals surface area contributed by atoms with Crippen molar-refractivity contribution in [3.63, 3.8) is 0 Å². The molecule has 0 unspecified atom stereocenters. The fraction of sp³-hybridized carbons (Fsp3) is 0.467. The minimum absolute atomic E-state index is 0.114. The molecule has 118 valence electrons. The van der Waals surface area contributed by atoms with Crippen LogP contribution in [0.3, 0.4) is 0 Å². The van der Waals surface area contributed by atoms with Gasteiger partial charge in [0.25, 0.3) is 11.5 Å². The van der Waals surface area contributed by atoms with Crippen LogP contribution in [-0.4, -0.2) is 40.7 Å². The number of aromatic nitrogens is 3. The highest BCUT2D eigenvalue weighted by atomic mass is 16.5. The Morgan fingerprint density at radius 3 is 2.91 bits per heavy atom. The van der Waals surface area contributed by atoms with Crippen molar-refractivity contribution in [2.24, 2.45) is 5.92 Å². The fourth-order valence-electron chi connectivity index (χ4n) is 2.11. The van der Waals surface area contributed by atoms with Gasteiger partial charge in [0.05, 0.1) is 6.61 Å². The number of methoxy groups -OCH3 is 1. The topological polar surface area (TPSA) is 86.1 Å². The monoisotopic (exact) mass is 304 g/mol. The first-order valence-electron chi connectivity index (χ1n) is 7.17. The molecule has 2 aromatic rings. The van der Waals surface area contributed by atoms with Gasteiger partial charge >= 0.3 is 0 Å². The maximum Gasteiger partial charge on any atom is 0.283 e. The van der Waals surface area contributed by atoms with Crippen LogP contribution in [0.15, 0.2) is 23.1 Å². The van der Waals surface area contributed by atoms with Crippen LogP contribution >= 0.6 is 0 Å². The highest BCUT2D eigenvalue weighted by molar-refractivity contribution is 5.93. The van der Waals surface area contributed by atoms with Crippen LogP contribution in [-0.2, 0) is 11.3 Å². The fourth-order valence-corrected chi connectivity index (χ4v) is 2.11. The largest absolute Gasteiger partial charge is 0.383 e. The minimum atomic E-state index is -0.495. The minimum Gasteiger partial charge on any atom is -0.383 e. The summed E-state index contributed by atoms with van der Waals surface area (Å²) in [7, 11) is 1.54. The average Bonchev–Trinajstić information content (AvgIpc) is 2.49. The number of pyridine rings is 1. The van der Waals surface area contributed by atoms with Crippen LogP contribution in [0.2, 0.25) is 0 Å². The van der Waals surface area contributed by atoms with Gasteiger partial charge in [-0.15, -0.1) is 0 Å². The van der Waals surface area contributed by atoms with E-state index in [0.717, 1.165) is 0 Å². The molecular formula is C15H20N4O3. The number of nitrogens with one attached hydrogen (secondary N) is 1. The zero-order valence-corrected chi connectivity index (χ0v) is 13.0. The Balaban J connectivity index is 2.49. The second-order valence-electron chi connectivity index (χ2n) is 5.36. The molecule has 0 aliphatic carbocycles. The lowest BCUT2D eigenvalue weighted by Crippen LogP contribution is -2.36. The van der Waals surface area contributed by atoms with E-state index >= 15 is 0 Å². The zero-order chi connectivity index (χ0) is 16.1. The first-order chi connectivity index (χ1) is 10.5. The maximum absolute atomic E-state index is 12.6. The number of nitrogens with zero attached hydrogens (tertiary/aromatic N) is 3. The second-order valence-corrected chi connectivity index (χ2v) is 5.36. The van der Waals surface area contributed by atoms with E-state index < -0.39 is 11.5 Å². The SMILES string of the molecule is COCCNC(=O)c1nc2cccnc2n(CC(C)C)c1=O. The Morgan fingerprint density at radius 1 is 1.45 bits per heavy atom. The maximum atomic E-state index is 12.6. The summed E-state index contributed by atoms with van der Waals surface area (Å²) in [6, 6.07) is 3.47. The van der Waals surface area contributed by atoms with E-state index in [0.29, 0.717) is 30.9 Å². The third-order valence-electron chi connectivity index (χ3n) is 3.06. The van der Waals surface area contributed by atoms with E-state index in [-0.39, 0.29) is 11.6 Å². The molecule has 0 aromatic carbocycles. The Morgan fingerprint density at radius 2 is 2.23 bits per heavy atom. The van der Waals surface area contributed by atoms with E-state index in [4.69, 9.17) is 4.74 Å². The molecule has 1 amide bonds. The van der Waals surface area contributed by atoms with E-state index in [1.807, 2.05) is 13.8 Å². The summed E-state index contributed by atoms with van der Waals surface area (Å²) in [6.45, 7) is 5.18. The highest BCUT2D eigenvalue weighted by Crippen LogP contribution is 2.09. The lowest BCUT2D eigenvalue weighted by molar-refractivity contribution is 0.0930.